The first-order valence-corrected chi connectivity index (χ1v) is 4.01. The molecule has 0 aliphatic carbocycles. The summed E-state index contributed by atoms with van der Waals surface area (Å²) in [7, 11) is 1.26. The zero-order chi connectivity index (χ0) is 10.0. The van der Waals surface area contributed by atoms with Crippen LogP contribution in [0.1, 0.15) is 0 Å². The second kappa shape index (κ2) is 3.87. The van der Waals surface area contributed by atoms with E-state index in [0.717, 1.165) is 12.1 Å². The average molecular weight is 256 g/mol. The largest absolute Gasteiger partial charge is 0.494 e. The van der Waals surface area contributed by atoms with E-state index in [9.17, 15) is 13.4 Å². The fourth-order valence-corrected chi connectivity index (χ4v) is 1.27. The minimum absolute atomic E-state index is 0.0857. The van der Waals surface area contributed by atoms with Crippen molar-refractivity contribution in [3.63, 3.8) is 0 Å². The zero-order valence-corrected chi connectivity index (χ0v) is 8.11. The minimum atomic E-state index is -1.17. The van der Waals surface area contributed by atoms with E-state index in [2.05, 4.69) is 20.7 Å². The molecule has 0 bridgehead atoms. The van der Waals surface area contributed by atoms with Crippen LogP contribution in [-0.2, 0) is 0 Å². The standard InChI is InChI=1S/C7H5BrF3NO/c1-13-5-3-2-4(12(10)11)6(8)7(5)9/h2-3H,1H3. The van der Waals surface area contributed by atoms with Gasteiger partial charge in [-0.1, -0.05) is 8.96 Å². The molecule has 0 saturated carbocycles. The van der Waals surface area contributed by atoms with E-state index in [-0.39, 0.29) is 10.2 Å². The highest BCUT2D eigenvalue weighted by Gasteiger charge is 2.16. The number of hydrogen-bond donors (Lipinski definition) is 0. The van der Waals surface area contributed by atoms with E-state index in [1.807, 2.05) is 0 Å². The van der Waals surface area contributed by atoms with Gasteiger partial charge in [0, 0.05) is 0 Å². The molecule has 6 heteroatoms. The molecule has 1 aromatic rings. The molecule has 2 nitrogen and oxygen atoms in total. The van der Waals surface area contributed by atoms with Gasteiger partial charge in [-0.25, -0.2) is 4.39 Å². The Kier molecular flexibility index (Phi) is 3.02. The van der Waals surface area contributed by atoms with Crippen LogP contribution >= 0.6 is 15.9 Å². The van der Waals surface area contributed by atoms with Crippen molar-refractivity contribution in [1.29, 1.82) is 0 Å². The summed E-state index contributed by atoms with van der Waals surface area (Å²) in [6, 6.07) is 2.17. The molecule has 0 unspecified atom stereocenters. The van der Waals surface area contributed by atoms with Crippen molar-refractivity contribution in [3.05, 3.63) is 22.4 Å². The molecule has 0 spiro atoms. The summed E-state index contributed by atoms with van der Waals surface area (Å²) in [6.07, 6.45) is 0. The maximum Gasteiger partial charge on any atom is 0.181 e. The van der Waals surface area contributed by atoms with Crippen molar-refractivity contribution < 1.29 is 18.1 Å². The highest BCUT2D eigenvalue weighted by Crippen LogP contribution is 2.34. The first-order valence-electron chi connectivity index (χ1n) is 3.21. The third-order valence-electron chi connectivity index (χ3n) is 1.43. The third kappa shape index (κ3) is 1.88. The van der Waals surface area contributed by atoms with Crippen molar-refractivity contribution >= 4 is 21.6 Å². The van der Waals surface area contributed by atoms with Gasteiger partial charge in [-0.2, -0.15) is 0 Å². The maximum absolute atomic E-state index is 13.1. The van der Waals surface area contributed by atoms with Crippen LogP contribution in [0.2, 0.25) is 0 Å². The smallest absolute Gasteiger partial charge is 0.181 e. The molecule has 72 valence electrons. The maximum atomic E-state index is 13.1. The fraction of sp³-hybridized carbons (Fsp3) is 0.143. The molecule has 0 saturated heterocycles. The van der Waals surface area contributed by atoms with Crippen LogP contribution in [0.5, 0.6) is 5.75 Å². The van der Waals surface area contributed by atoms with Gasteiger partial charge < -0.3 is 4.74 Å². The van der Waals surface area contributed by atoms with Gasteiger partial charge in [0.05, 0.1) is 11.6 Å². The summed E-state index contributed by atoms with van der Waals surface area (Å²) >= 11 is 2.70. The molecule has 1 aromatic carbocycles. The molecule has 0 fully saturated rings. The highest BCUT2D eigenvalue weighted by molar-refractivity contribution is 9.10. The topological polar surface area (TPSA) is 12.5 Å². The minimum Gasteiger partial charge on any atom is -0.494 e. The van der Waals surface area contributed by atoms with Crippen molar-refractivity contribution in [2.45, 2.75) is 0 Å². The monoisotopic (exact) mass is 255 g/mol. The lowest BCUT2D eigenvalue weighted by Crippen LogP contribution is -1.99. The number of rotatable bonds is 2. The molecule has 0 aliphatic rings. The lowest BCUT2D eigenvalue weighted by Gasteiger charge is -2.08. The van der Waals surface area contributed by atoms with Gasteiger partial charge in [-0.3, -0.25) is 0 Å². The number of halogens is 4. The number of ether oxygens (including phenoxy) is 1. The molecule has 0 radical (unpaired) electrons. The van der Waals surface area contributed by atoms with Crippen molar-refractivity contribution in [1.82, 2.24) is 0 Å². The van der Waals surface area contributed by atoms with E-state index in [1.54, 1.807) is 0 Å². The molecule has 0 heterocycles. The van der Waals surface area contributed by atoms with E-state index < -0.39 is 16.8 Å². The summed E-state index contributed by atoms with van der Waals surface area (Å²) < 4.78 is 41.4. The Labute approximate surface area is 80.9 Å². The SMILES string of the molecule is COc1ccc(N(F)F)c(Br)c1F. The molecule has 0 amide bonds. The summed E-state index contributed by atoms with van der Waals surface area (Å²) in [6.45, 7) is 0. The van der Waals surface area contributed by atoms with Gasteiger partial charge in [0.25, 0.3) is 0 Å². The average Bonchev–Trinajstić information content (AvgIpc) is 2.09. The van der Waals surface area contributed by atoms with Crippen LogP contribution in [0.3, 0.4) is 0 Å². The second-order valence-corrected chi connectivity index (χ2v) is 2.94. The van der Waals surface area contributed by atoms with E-state index >= 15 is 0 Å². The van der Waals surface area contributed by atoms with Crippen LogP contribution < -0.4 is 10.1 Å². The molecular formula is C7H5BrF3NO. The Balaban J connectivity index is 3.23. The van der Waals surface area contributed by atoms with Gasteiger partial charge in [-0.15, -0.1) is 0 Å². The van der Waals surface area contributed by atoms with Crippen LogP contribution in [0.25, 0.3) is 0 Å². The van der Waals surface area contributed by atoms with E-state index in [1.165, 1.54) is 7.11 Å². The highest BCUT2D eigenvalue weighted by atomic mass is 79.9. The fourth-order valence-electron chi connectivity index (χ4n) is 0.810. The number of anilines is 1. The Morgan fingerprint density at radius 1 is 1.38 bits per heavy atom. The lowest BCUT2D eigenvalue weighted by molar-refractivity contribution is 0.233. The van der Waals surface area contributed by atoms with Gasteiger partial charge in [0.2, 0.25) is 0 Å². The Hall–Kier alpha value is -0.910. The molecule has 0 N–H and O–H groups in total. The van der Waals surface area contributed by atoms with Crippen molar-refractivity contribution in [3.8, 4) is 5.75 Å². The van der Waals surface area contributed by atoms with Crippen LogP contribution in [0, 0.1) is 5.82 Å². The second-order valence-electron chi connectivity index (χ2n) is 2.15. The third-order valence-corrected chi connectivity index (χ3v) is 2.18. The van der Waals surface area contributed by atoms with Gasteiger partial charge >= 0.3 is 0 Å². The predicted molar refractivity (Wildman–Crippen MR) is 45.3 cm³/mol. The Bertz CT molecular complexity index is 319. The van der Waals surface area contributed by atoms with Gasteiger partial charge in [0.1, 0.15) is 5.69 Å². The van der Waals surface area contributed by atoms with Crippen LogP contribution in [-0.4, -0.2) is 7.11 Å². The summed E-state index contributed by atoms with van der Waals surface area (Å²) in [5.41, 5.74) is -0.543. The number of benzene rings is 1. The first kappa shape index (κ1) is 10.2. The zero-order valence-electron chi connectivity index (χ0n) is 6.52. The number of nitrogens with zero attached hydrogens (tertiary/aromatic N) is 1. The normalized spacial score (nSPS) is 9.92. The molecular weight excluding hydrogens is 251 g/mol. The van der Waals surface area contributed by atoms with E-state index in [4.69, 9.17) is 0 Å². The van der Waals surface area contributed by atoms with Gasteiger partial charge in [0.15, 0.2) is 11.6 Å². The van der Waals surface area contributed by atoms with Gasteiger partial charge in [-0.05, 0) is 33.4 Å². The Morgan fingerprint density at radius 2 is 2.00 bits per heavy atom. The quantitative estimate of drug-likeness (QED) is 0.753. The number of methoxy groups -OCH3 is 1. The summed E-state index contributed by atoms with van der Waals surface area (Å²) in [4.78, 5) is 0. The molecule has 0 aromatic heterocycles. The predicted octanol–water partition coefficient (Wildman–Crippen LogP) is 3.17. The molecule has 1 rings (SSSR count). The van der Waals surface area contributed by atoms with Crippen molar-refractivity contribution in [2.75, 3.05) is 12.5 Å². The lowest BCUT2D eigenvalue weighted by atomic mass is 10.3. The first-order chi connectivity index (χ1) is 6.07. The Morgan fingerprint density at radius 3 is 2.46 bits per heavy atom. The molecule has 13 heavy (non-hydrogen) atoms. The molecule has 0 aliphatic heterocycles. The summed E-state index contributed by atoms with van der Waals surface area (Å²) in [5.74, 6) is -0.933. The van der Waals surface area contributed by atoms with Crippen LogP contribution in [0.15, 0.2) is 16.6 Å². The summed E-state index contributed by atoms with van der Waals surface area (Å²) in [5, 5.41) is -1.17. The van der Waals surface area contributed by atoms with Crippen molar-refractivity contribution in [2.24, 2.45) is 0 Å². The molecule has 0 atom stereocenters. The van der Waals surface area contributed by atoms with E-state index in [0.29, 0.717) is 0 Å². The van der Waals surface area contributed by atoms with Crippen LogP contribution in [0.4, 0.5) is 19.0 Å². The number of hydrogen-bond acceptors (Lipinski definition) is 2.